The van der Waals surface area contributed by atoms with E-state index in [-0.39, 0.29) is 5.91 Å². The molecule has 4 nitrogen and oxygen atoms in total. The molecule has 0 aliphatic rings. The van der Waals surface area contributed by atoms with Crippen molar-refractivity contribution in [3.05, 3.63) is 36.1 Å². The number of furan rings is 1. The third kappa shape index (κ3) is 2.76. The second-order valence-electron chi connectivity index (χ2n) is 5.08. The van der Waals surface area contributed by atoms with Gasteiger partial charge in [0.1, 0.15) is 11.8 Å². The number of amides is 1. The van der Waals surface area contributed by atoms with Crippen LogP contribution in [0.3, 0.4) is 0 Å². The van der Waals surface area contributed by atoms with Gasteiger partial charge in [0.25, 0.3) is 5.91 Å². The van der Waals surface area contributed by atoms with Gasteiger partial charge in [0.15, 0.2) is 0 Å². The molecule has 5 heteroatoms. The molecular formula is C14H16N2O2S. The van der Waals surface area contributed by atoms with E-state index in [0.717, 1.165) is 5.39 Å². The summed E-state index contributed by atoms with van der Waals surface area (Å²) in [5, 5.41) is 3.63. The van der Waals surface area contributed by atoms with Crippen LogP contribution >= 0.6 is 12.2 Å². The summed E-state index contributed by atoms with van der Waals surface area (Å²) in [5.74, 6) is -0.186. The average molecular weight is 276 g/mol. The molecule has 0 spiro atoms. The van der Waals surface area contributed by atoms with Gasteiger partial charge in [0.2, 0.25) is 0 Å². The highest BCUT2D eigenvalue weighted by molar-refractivity contribution is 7.80. The van der Waals surface area contributed by atoms with Crippen LogP contribution < -0.4 is 11.1 Å². The number of para-hydroxylation sites is 1. The van der Waals surface area contributed by atoms with Crippen LogP contribution in [-0.4, -0.2) is 17.4 Å². The number of nitrogens with one attached hydrogen (secondary N) is 1. The molecule has 0 atom stereocenters. The maximum absolute atomic E-state index is 12.1. The molecule has 0 bridgehead atoms. The molecule has 19 heavy (non-hydrogen) atoms. The molecule has 0 unspecified atom stereocenters. The standard InChI is InChI=1S/C14H16N2O2S/c1-14(2,13(15)19)8-16-12(17)10-7-18-11-6-4-3-5-9(10)11/h3-7H,8H2,1-2H3,(H2,15,19)(H,16,17). The lowest BCUT2D eigenvalue weighted by atomic mass is 9.93. The summed E-state index contributed by atoms with van der Waals surface area (Å²) < 4.78 is 5.34. The van der Waals surface area contributed by atoms with Crippen molar-refractivity contribution >= 4 is 34.1 Å². The van der Waals surface area contributed by atoms with E-state index in [0.29, 0.717) is 22.7 Å². The van der Waals surface area contributed by atoms with Gasteiger partial charge < -0.3 is 15.5 Å². The van der Waals surface area contributed by atoms with Crippen LogP contribution in [0, 0.1) is 5.41 Å². The summed E-state index contributed by atoms with van der Waals surface area (Å²) in [6.07, 6.45) is 1.47. The van der Waals surface area contributed by atoms with E-state index in [1.807, 2.05) is 38.1 Å². The van der Waals surface area contributed by atoms with Crippen molar-refractivity contribution in [3.63, 3.8) is 0 Å². The number of carbonyl (C=O) groups is 1. The summed E-state index contributed by atoms with van der Waals surface area (Å²) in [5.41, 5.74) is 6.43. The van der Waals surface area contributed by atoms with Crippen molar-refractivity contribution in [1.82, 2.24) is 5.32 Å². The summed E-state index contributed by atoms with van der Waals surface area (Å²) in [4.78, 5) is 12.5. The molecule has 2 rings (SSSR count). The van der Waals surface area contributed by atoms with E-state index >= 15 is 0 Å². The maximum atomic E-state index is 12.1. The molecule has 0 radical (unpaired) electrons. The molecule has 0 fully saturated rings. The third-order valence-electron chi connectivity index (χ3n) is 3.08. The quantitative estimate of drug-likeness (QED) is 0.842. The monoisotopic (exact) mass is 276 g/mol. The molecule has 1 aromatic heterocycles. The number of rotatable bonds is 4. The molecule has 0 aliphatic carbocycles. The highest BCUT2D eigenvalue weighted by Gasteiger charge is 2.23. The maximum Gasteiger partial charge on any atom is 0.255 e. The molecule has 100 valence electrons. The Morgan fingerprint density at radius 2 is 2.11 bits per heavy atom. The Labute approximate surface area is 117 Å². The van der Waals surface area contributed by atoms with E-state index in [2.05, 4.69) is 5.32 Å². The van der Waals surface area contributed by atoms with Crippen molar-refractivity contribution in [2.45, 2.75) is 13.8 Å². The normalized spacial score (nSPS) is 11.5. The Balaban J connectivity index is 2.15. The molecule has 3 N–H and O–H groups in total. The first kappa shape index (κ1) is 13.5. The van der Waals surface area contributed by atoms with E-state index < -0.39 is 5.41 Å². The zero-order valence-corrected chi connectivity index (χ0v) is 11.7. The zero-order valence-electron chi connectivity index (χ0n) is 10.9. The minimum absolute atomic E-state index is 0.186. The van der Waals surface area contributed by atoms with Crippen LogP contribution in [0.5, 0.6) is 0 Å². The Kier molecular flexibility index (Phi) is 3.57. The van der Waals surface area contributed by atoms with Gasteiger partial charge in [-0.25, -0.2) is 0 Å². The molecule has 2 aromatic rings. The highest BCUT2D eigenvalue weighted by Crippen LogP contribution is 2.21. The second kappa shape index (κ2) is 5.01. The molecule has 0 aliphatic heterocycles. The zero-order chi connectivity index (χ0) is 14.0. The first-order valence-corrected chi connectivity index (χ1v) is 6.37. The SMILES string of the molecule is CC(C)(CNC(=O)c1coc2ccccc12)C(N)=S. The van der Waals surface area contributed by atoms with Crippen molar-refractivity contribution in [2.75, 3.05) is 6.54 Å². The van der Waals surface area contributed by atoms with E-state index in [1.165, 1.54) is 6.26 Å². The third-order valence-corrected chi connectivity index (χ3v) is 3.64. The van der Waals surface area contributed by atoms with E-state index in [1.54, 1.807) is 0 Å². The fraction of sp³-hybridized carbons (Fsp3) is 0.286. The van der Waals surface area contributed by atoms with E-state index in [9.17, 15) is 4.79 Å². The van der Waals surface area contributed by atoms with Gasteiger partial charge in [-0.3, -0.25) is 4.79 Å². The predicted molar refractivity (Wildman–Crippen MR) is 79.1 cm³/mol. The van der Waals surface area contributed by atoms with Gasteiger partial charge in [0.05, 0.1) is 10.6 Å². The minimum atomic E-state index is -0.412. The number of thiocarbonyl (C=S) groups is 1. The summed E-state index contributed by atoms with van der Waals surface area (Å²) in [7, 11) is 0. The van der Waals surface area contributed by atoms with Gasteiger partial charge in [-0.1, -0.05) is 44.3 Å². The van der Waals surface area contributed by atoms with Gasteiger partial charge >= 0.3 is 0 Å². The number of carbonyl (C=O) groups excluding carboxylic acids is 1. The molecule has 1 amide bonds. The van der Waals surface area contributed by atoms with Crippen molar-refractivity contribution in [2.24, 2.45) is 11.1 Å². The Bertz CT molecular complexity index is 631. The van der Waals surface area contributed by atoms with Crippen LogP contribution in [0.1, 0.15) is 24.2 Å². The fourth-order valence-corrected chi connectivity index (χ4v) is 1.71. The van der Waals surface area contributed by atoms with Crippen molar-refractivity contribution in [1.29, 1.82) is 0 Å². The summed E-state index contributed by atoms with van der Waals surface area (Å²) >= 11 is 4.97. The largest absolute Gasteiger partial charge is 0.463 e. The lowest BCUT2D eigenvalue weighted by Gasteiger charge is -2.23. The lowest BCUT2D eigenvalue weighted by molar-refractivity contribution is 0.0946. The number of nitrogens with two attached hydrogens (primary N) is 1. The number of fused-ring (bicyclic) bond motifs is 1. The van der Waals surface area contributed by atoms with Crippen LogP contribution in [-0.2, 0) is 0 Å². The molecule has 1 heterocycles. The van der Waals surface area contributed by atoms with Crippen molar-refractivity contribution in [3.8, 4) is 0 Å². The Hall–Kier alpha value is -1.88. The molecule has 0 saturated carbocycles. The molecule has 0 saturated heterocycles. The minimum Gasteiger partial charge on any atom is -0.463 e. The van der Waals surface area contributed by atoms with Gasteiger partial charge in [0, 0.05) is 17.3 Å². The fourth-order valence-electron chi connectivity index (χ4n) is 1.64. The van der Waals surface area contributed by atoms with Gasteiger partial charge in [-0.05, 0) is 6.07 Å². The van der Waals surface area contributed by atoms with E-state index in [4.69, 9.17) is 22.4 Å². The van der Waals surface area contributed by atoms with Gasteiger partial charge in [-0.15, -0.1) is 0 Å². The summed E-state index contributed by atoms with van der Waals surface area (Å²) in [6.45, 7) is 4.17. The smallest absolute Gasteiger partial charge is 0.255 e. The van der Waals surface area contributed by atoms with Crippen LogP contribution in [0.4, 0.5) is 0 Å². The molecule has 1 aromatic carbocycles. The number of hydrogen-bond acceptors (Lipinski definition) is 3. The lowest BCUT2D eigenvalue weighted by Crippen LogP contribution is -2.41. The first-order valence-electron chi connectivity index (χ1n) is 5.96. The van der Waals surface area contributed by atoms with Crippen molar-refractivity contribution < 1.29 is 9.21 Å². The average Bonchev–Trinajstić information content (AvgIpc) is 2.79. The van der Waals surface area contributed by atoms with Gasteiger partial charge in [-0.2, -0.15) is 0 Å². The summed E-state index contributed by atoms with van der Waals surface area (Å²) in [6, 6.07) is 7.41. The topological polar surface area (TPSA) is 68.3 Å². The van der Waals surface area contributed by atoms with Crippen LogP contribution in [0.2, 0.25) is 0 Å². The number of hydrogen-bond donors (Lipinski definition) is 2. The Morgan fingerprint density at radius 3 is 2.79 bits per heavy atom. The predicted octanol–water partition coefficient (Wildman–Crippen LogP) is 2.47. The second-order valence-corrected chi connectivity index (χ2v) is 5.52. The highest BCUT2D eigenvalue weighted by atomic mass is 32.1. The van der Waals surface area contributed by atoms with Crippen LogP contribution in [0.25, 0.3) is 11.0 Å². The molecular weight excluding hydrogens is 260 g/mol. The number of benzene rings is 1. The Morgan fingerprint density at radius 1 is 1.42 bits per heavy atom. The van der Waals surface area contributed by atoms with Crippen LogP contribution in [0.15, 0.2) is 34.9 Å². The first-order chi connectivity index (χ1) is 8.92.